The number of hydrogen-bond donors (Lipinski definition) is 1. The van der Waals surface area contributed by atoms with Crippen molar-refractivity contribution in [3.63, 3.8) is 0 Å². The number of aromatic nitrogens is 2. The number of carbonyl (C=O) groups excluding carboxylic acids is 1. The van der Waals surface area contributed by atoms with Gasteiger partial charge in [-0.05, 0) is 59.3 Å². The predicted octanol–water partition coefficient (Wildman–Crippen LogP) is 6.65. The van der Waals surface area contributed by atoms with Crippen LogP contribution in [0.3, 0.4) is 0 Å². The smallest absolute Gasteiger partial charge is 0.282 e. The number of nitrogens with zero attached hydrogens (tertiary/aromatic N) is 3. The molecule has 0 saturated carbocycles. The van der Waals surface area contributed by atoms with E-state index in [1.807, 2.05) is 57.2 Å². The Morgan fingerprint density at radius 3 is 2.55 bits per heavy atom. The number of amides is 1. The molecule has 1 heterocycles. The second-order valence-electron chi connectivity index (χ2n) is 10.3. The molecule has 0 aliphatic rings. The van der Waals surface area contributed by atoms with Gasteiger partial charge in [0.15, 0.2) is 6.61 Å². The van der Waals surface area contributed by atoms with Crippen molar-refractivity contribution in [3.8, 4) is 5.75 Å². The van der Waals surface area contributed by atoms with Crippen LogP contribution in [-0.4, -0.2) is 28.4 Å². The zero-order valence-corrected chi connectivity index (χ0v) is 23.7. The summed E-state index contributed by atoms with van der Waals surface area (Å²) in [6.45, 7) is 5.63. The van der Waals surface area contributed by atoms with Gasteiger partial charge in [-0.25, -0.2) is 9.37 Å². The number of carbonyl (C=O) groups is 1. The zero-order chi connectivity index (χ0) is 28.4. The normalized spacial score (nSPS) is 11.8. The molecule has 0 aliphatic heterocycles. The number of halogens is 2. The van der Waals surface area contributed by atoms with E-state index in [-0.39, 0.29) is 12.2 Å². The molecule has 1 aromatic heterocycles. The Morgan fingerprint density at radius 1 is 1.05 bits per heavy atom. The molecular formula is C31H26BrFN4O3. The highest BCUT2D eigenvalue weighted by atomic mass is 79.9. The summed E-state index contributed by atoms with van der Waals surface area (Å²) in [6, 6.07) is 22.2. The Kier molecular flexibility index (Phi) is 7.49. The van der Waals surface area contributed by atoms with Crippen molar-refractivity contribution in [2.45, 2.75) is 26.2 Å². The Labute approximate surface area is 238 Å². The van der Waals surface area contributed by atoms with Gasteiger partial charge >= 0.3 is 0 Å². The maximum atomic E-state index is 13.6. The van der Waals surface area contributed by atoms with E-state index in [2.05, 4.69) is 26.3 Å². The average molecular weight is 601 g/mol. The van der Waals surface area contributed by atoms with Gasteiger partial charge in [0.2, 0.25) is 0 Å². The second kappa shape index (κ2) is 11.0. The topological polar surface area (TPSA) is 85.6 Å². The molecule has 0 atom stereocenters. The van der Waals surface area contributed by atoms with Crippen LogP contribution >= 0.6 is 15.9 Å². The van der Waals surface area contributed by atoms with Gasteiger partial charge in [-0.2, -0.15) is 9.78 Å². The van der Waals surface area contributed by atoms with Crippen LogP contribution in [0.5, 0.6) is 5.75 Å². The molecule has 0 aliphatic carbocycles. The first kappa shape index (κ1) is 27.2. The standard InChI is InChI=1S/C31H26BrFN4O3/c1-31(2,3)30-36-26-14-9-20(32)16-24(26)29(39)37(30)34-17-25-23-7-5-4-6-19(23)8-15-27(25)40-18-28(38)35-22-12-10-21(33)11-13-22/h4-17H,18H2,1-3H3,(H,35,38). The molecule has 0 fully saturated rings. The third kappa shape index (κ3) is 5.79. The summed E-state index contributed by atoms with van der Waals surface area (Å²) in [4.78, 5) is 30.9. The first-order valence-electron chi connectivity index (χ1n) is 12.6. The van der Waals surface area contributed by atoms with E-state index in [1.165, 1.54) is 28.9 Å². The van der Waals surface area contributed by atoms with Gasteiger partial charge < -0.3 is 10.1 Å². The number of fused-ring (bicyclic) bond motifs is 2. The van der Waals surface area contributed by atoms with Gasteiger partial charge in [-0.15, -0.1) is 0 Å². The molecule has 7 nitrogen and oxygen atoms in total. The second-order valence-corrected chi connectivity index (χ2v) is 11.2. The van der Waals surface area contributed by atoms with E-state index in [9.17, 15) is 14.0 Å². The number of ether oxygens (including phenoxy) is 1. The van der Waals surface area contributed by atoms with Crippen molar-refractivity contribution < 1.29 is 13.9 Å². The third-order valence-electron chi connectivity index (χ3n) is 6.20. The highest BCUT2D eigenvalue weighted by Crippen LogP contribution is 2.28. The molecular weight excluding hydrogens is 575 g/mol. The van der Waals surface area contributed by atoms with Crippen molar-refractivity contribution in [1.29, 1.82) is 0 Å². The van der Waals surface area contributed by atoms with E-state index in [0.717, 1.165) is 15.2 Å². The van der Waals surface area contributed by atoms with Gasteiger partial charge in [-0.1, -0.05) is 67.0 Å². The molecule has 1 amide bonds. The maximum absolute atomic E-state index is 13.6. The quantitative estimate of drug-likeness (QED) is 0.221. The lowest BCUT2D eigenvalue weighted by atomic mass is 9.95. The van der Waals surface area contributed by atoms with Crippen molar-refractivity contribution in [2.75, 3.05) is 11.9 Å². The van der Waals surface area contributed by atoms with Crippen LogP contribution in [0.25, 0.3) is 21.7 Å². The fraction of sp³-hybridized carbons (Fsp3) is 0.161. The minimum atomic E-state index is -0.478. The van der Waals surface area contributed by atoms with Crippen molar-refractivity contribution in [2.24, 2.45) is 5.10 Å². The number of hydrogen-bond acceptors (Lipinski definition) is 5. The Morgan fingerprint density at radius 2 is 1.80 bits per heavy atom. The number of nitrogens with one attached hydrogen (secondary N) is 1. The summed E-state index contributed by atoms with van der Waals surface area (Å²) in [7, 11) is 0. The van der Waals surface area contributed by atoms with Crippen LogP contribution < -0.4 is 15.6 Å². The van der Waals surface area contributed by atoms with Gasteiger partial charge in [0.1, 0.15) is 17.4 Å². The monoisotopic (exact) mass is 600 g/mol. The van der Waals surface area contributed by atoms with Gasteiger partial charge in [0.25, 0.3) is 11.5 Å². The van der Waals surface area contributed by atoms with Crippen LogP contribution in [0.2, 0.25) is 0 Å². The lowest BCUT2D eigenvalue weighted by molar-refractivity contribution is -0.118. The molecule has 9 heteroatoms. The maximum Gasteiger partial charge on any atom is 0.282 e. The highest BCUT2D eigenvalue weighted by molar-refractivity contribution is 9.10. The number of rotatable bonds is 6. The molecule has 0 spiro atoms. The summed E-state index contributed by atoms with van der Waals surface area (Å²) in [5.74, 6) is 0.124. The molecule has 1 N–H and O–H groups in total. The van der Waals surface area contributed by atoms with E-state index < -0.39 is 17.1 Å². The molecule has 0 saturated heterocycles. The zero-order valence-electron chi connectivity index (χ0n) is 22.1. The van der Waals surface area contributed by atoms with Crippen LogP contribution in [0.1, 0.15) is 32.2 Å². The fourth-order valence-electron chi connectivity index (χ4n) is 4.27. The van der Waals surface area contributed by atoms with Gasteiger partial charge in [-0.3, -0.25) is 9.59 Å². The molecule has 5 rings (SSSR count). The molecule has 5 aromatic rings. The van der Waals surface area contributed by atoms with E-state index >= 15 is 0 Å². The average Bonchev–Trinajstić information content (AvgIpc) is 2.92. The lowest BCUT2D eigenvalue weighted by Gasteiger charge is -2.21. The predicted molar refractivity (Wildman–Crippen MR) is 160 cm³/mol. The van der Waals surface area contributed by atoms with Crippen LogP contribution in [-0.2, 0) is 10.2 Å². The summed E-state index contributed by atoms with van der Waals surface area (Å²) < 4.78 is 21.2. The van der Waals surface area contributed by atoms with Crippen molar-refractivity contribution in [3.05, 3.63) is 111 Å². The Bertz CT molecular complexity index is 1830. The summed E-state index contributed by atoms with van der Waals surface area (Å²) >= 11 is 3.43. The lowest BCUT2D eigenvalue weighted by Crippen LogP contribution is -2.29. The molecule has 0 bridgehead atoms. The number of anilines is 1. The first-order chi connectivity index (χ1) is 19.1. The molecule has 0 radical (unpaired) electrons. The minimum absolute atomic E-state index is 0.282. The summed E-state index contributed by atoms with van der Waals surface area (Å²) in [5, 5.41) is 9.52. The van der Waals surface area contributed by atoms with Crippen LogP contribution in [0.15, 0.2) is 93.2 Å². The van der Waals surface area contributed by atoms with Crippen LogP contribution in [0.4, 0.5) is 10.1 Å². The molecule has 202 valence electrons. The van der Waals surface area contributed by atoms with E-state index in [0.29, 0.717) is 33.7 Å². The third-order valence-corrected chi connectivity index (χ3v) is 6.69. The minimum Gasteiger partial charge on any atom is -0.483 e. The summed E-state index contributed by atoms with van der Waals surface area (Å²) in [5.41, 5.74) is 0.877. The van der Waals surface area contributed by atoms with Gasteiger partial charge in [0, 0.05) is 21.1 Å². The molecule has 4 aromatic carbocycles. The fourth-order valence-corrected chi connectivity index (χ4v) is 4.63. The molecule has 40 heavy (non-hydrogen) atoms. The Hall–Kier alpha value is -4.37. The van der Waals surface area contributed by atoms with Crippen molar-refractivity contribution in [1.82, 2.24) is 9.66 Å². The van der Waals surface area contributed by atoms with E-state index in [1.54, 1.807) is 24.4 Å². The Balaban J connectivity index is 1.54. The van der Waals surface area contributed by atoms with Gasteiger partial charge in [0.05, 0.1) is 17.1 Å². The van der Waals surface area contributed by atoms with E-state index in [4.69, 9.17) is 9.72 Å². The van der Waals surface area contributed by atoms with Crippen LogP contribution in [0, 0.1) is 5.82 Å². The number of benzene rings is 4. The SMILES string of the molecule is CC(C)(C)c1nc2ccc(Br)cc2c(=O)n1N=Cc1c(OCC(=O)Nc2ccc(F)cc2)ccc2ccccc12. The summed E-state index contributed by atoms with van der Waals surface area (Å²) in [6.07, 6.45) is 1.57. The highest BCUT2D eigenvalue weighted by Gasteiger charge is 2.23. The first-order valence-corrected chi connectivity index (χ1v) is 13.4. The molecule has 0 unspecified atom stereocenters. The van der Waals surface area contributed by atoms with Crippen molar-refractivity contribution >= 4 is 55.4 Å². The largest absolute Gasteiger partial charge is 0.483 e.